The van der Waals surface area contributed by atoms with Crippen LogP contribution in [0, 0.1) is 5.92 Å². The van der Waals surface area contributed by atoms with Gasteiger partial charge in [-0.25, -0.2) is 0 Å². The summed E-state index contributed by atoms with van der Waals surface area (Å²) >= 11 is 0. The lowest BCUT2D eigenvalue weighted by Crippen LogP contribution is -2.46. The molecule has 1 aromatic rings. The van der Waals surface area contributed by atoms with E-state index in [4.69, 9.17) is 0 Å². The van der Waals surface area contributed by atoms with Crippen LogP contribution < -0.4 is 5.32 Å². The molecule has 1 aliphatic heterocycles. The second-order valence-corrected chi connectivity index (χ2v) is 7.00. The third-order valence-electron chi connectivity index (χ3n) is 5.00. The molecule has 1 aromatic heterocycles. The highest BCUT2D eigenvalue weighted by Gasteiger charge is 2.31. The number of nitrogens with one attached hydrogen (secondary N) is 1. The Balaban J connectivity index is 1.51. The van der Waals surface area contributed by atoms with Gasteiger partial charge < -0.3 is 10.2 Å². The minimum absolute atomic E-state index is 0.332. The van der Waals surface area contributed by atoms with Crippen LogP contribution in [0.2, 0.25) is 0 Å². The van der Waals surface area contributed by atoms with Gasteiger partial charge in [-0.3, -0.25) is 9.78 Å². The number of rotatable bonds is 4. The first-order valence-corrected chi connectivity index (χ1v) is 8.65. The molecule has 1 aliphatic carbocycles. The number of carbonyl (C=O) groups is 1. The van der Waals surface area contributed by atoms with Crippen molar-refractivity contribution in [1.29, 1.82) is 0 Å². The van der Waals surface area contributed by atoms with E-state index in [9.17, 15) is 4.79 Å². The van der Waals surface area contributed by atoms with Gasteiger partial charge in [-0.2, -0.15) is 0 Å². The molecule has 1 saturated carbocycles. The molecule has 0 radical (unpaired) electrons. The highest BCUT2D eigenvalue weighted by Crippen LogP contribution is 2.29. The summed E-state index contributed by atoms with van der Waals surface area (Å²) in [6.45, 7) is 6.12. The molecule has 120 valence electrons. The SMILES string of the molecule is CC(C)c1cc(NC2CCN(C(=O)C3CCC3)CC2)ccn1. The lowest BCUT2D eigenvalue weighted by atomic mass is 9.84. The zero-order valence-corrected chi connectivity index (χ0v) is 13.7. The summed E-state index contributed by atoms with van der Waals surface area (Å²) in [7, 11) is 0. The van der Waals surface area contributed by atoms with Gasteiger partial charge in [-0.1, -0.05) is 20.3 Å². The van der Waals surface area contributed by atoms with E-state index in [0.29, 0.717) is 23.8 Å². The number of piperidine rings is 1. The third-order valence-corrected chi connectivity index (χ3v) is 5.00. The minimum atomic E-state index is 0.332. The predicted molar refractivity (Wildman–Crippen MR) is 88.9 cm³/mol. The average Bonchev–Trinajstić information content (AvgIpc) is 2.46. The molecule has 0 atom stereocenters. The maximum atomic E-state index is 12.3. The van der Waals surface area contributed by atoms with Gasteiger partial charge in [0.1, 0.15) is 0 Å². The Morgan fingerprint density at radius 1 is 1.27 bits per heavy atom. The summed E-state index contributed by atoms with van der Waals surface area (Å²) in [5.41, 5.74) is 2.28. The fraction of sp³-hybridized carbons (Fsp3) is 0.667. The van der Waals surface area contributed by atoms with Gasteiger partial charge in [0.2, 0.25) is 5.91 Å². The molecule has 3 rings (SSSR count). The molecule has 4 nitrogen and oxygen atoms in total. The quantitative estimate of drug-likeness (QED) is 0.927. The number of nitrogens with zero attached hydrogens (tertiary/aromatic N) is 2. The number of amides is 1. The van der Waals surface area contributed by atoms with Crippen LogP contribution in [0.15, 0.2) is 18.3 Å². The first-order chi connectivity index (χ1) is 10.6. The first-order valence-electron chi connectivity index (χ1n) is 8.65. The van der Waals surface area contributed by atoms with Crippen molar-refractivity contribution in [3.8, 4) is 0 Å². The third kappa shape index (κ3) is 3.42. The Bertz CT molecular complexity index is 517. The number of hydrogen-bond acceptors (Lipinski definition) is 3. The van der Waals surface area contributed by atoms with Gasteiger partial charge in [0, 0.05) is 42.6 Å². The van der Waals surface area contributed by atoms with Gasteiger partial charge in [-0.15, -0.1) is 0 Å². The zero-order chi connectivity index (χ0) is 15.5. The Labute approximate surface area is 133 Å². The van der Waals surface area contributed by atoms with E-state index in [0.717, 1.165) is 50.2 Å². The standard InChI is InChI=1S/C18H27N3O/c1-13(2)17-12-16(6-9-19-17)20-15-7-10-21(11-8-15)18(22)14-4-3-5-14/h6,9,12-15H,3-5,7-8,10-11H2,1-2H3,(H,19,20). The summed E-state index contributed by atoms with van der Waals surface area (Å²) in [5, 5.41) is 3.61. The fourth-order valence-electron chi connectivity index (χ4n) is 3.25. The molecule has 1 amide bonds. The zero-order valence-electron chi connectivity index (χ0n) is 13.7. The second kappa shape index (κ2) is 6.67. The van der Waals surface area contributed by atoms with E-state index < -0.39 is 0 Å². The van der Waals surface area contributed by atoms with Crippen molar-refractivity contribution in [2.45, 2.75) is 57.9 Å². The van der Waals surface area contributed by atoms with E-state index >= 15 is 0 Å². The van der Waals surface area contributed by atoms with Crippen molar-refractivity contribution in [3.63, 3.8) is 0 Å². The van der Waals surface area contributed by atoms with E-state index in [1.165, 1.54) is 6.42 Å². The summed E-state index contributed by atoms with van der Waals surface area (Å²) < 4.78 is 0. The second-order valence-electron chi connectivity index (χ2n) is 7.00. The Morgan fingerprint density at radius 3 is 2.59 bits per heavy atom. The molecule has 2 fully saturated rings. The molecular formula is C18H27N3O. The molecule has 0 unspecified atom stereocenters. The largest absolute Gasteiger partial charge is 0.382 e. The predicted octanol–water partition coefficient (Wildman–Crippen LogP) is 3.41. The van der Waals surface area contributed by atoms with Crippen LogP contribution in [0.25, 0.3) is 0 Å². The van der Waals surface area contributed by atoms with E-state index in [-0.39, 0.29) is 0 Å². The van der Waals surface area contributed by atoms with Crippen LogP contribution in [0.4, 0.5) is 5.69 Å². The van der Waals surface area contributed by atoms with Crippen LogP contribution in [0.5, 0.6) is 0 Å². The lowest BCUT2D eigenvalue weighted by molar-refractivity contribution is -0.139. The Hall–Kier alpha value is -1.58. The van der Waals surface area contributed by atoms with E-state index in [2.05, 4.69) is 35.1 Å². The highest BCUT2D eigenvalue weighted by molar-refractivity contribution is 5.79. The van der Waals surface area contributed by atoms with Gasteiger partial charge in [0.25, 0.3) is 0 Å². The summed E-state index contributed by atoms with van der Waals surface area (Å²) in [6, 6.07) is 4.65. The van der Waals surface area contributed by atoms with Crippen molar-refractivity contribution >= 4 is 11.6 Å². The van der Waals surface area contributed by atoms with Crippen LogP contribution in [-0.2, 0) is 4.79 Å². The van der Waals surface area contributed by atoms with Crippen molar-refractivity contribution in [2.24, 2.45) is 5.92 Å². The smallest absolute Gasteiger partial charge is 0.225 e. The van der Waals surface area contributed by atoms with Crippen LogP contribution in [0.3, 0.4) is 0 Å². The van der Waals surface area contributed by atoms with E-state index in [1.54, 1.807) is 0 Å². The van der Waals surface area contributed by atoms with Crippen molar-refractivity contribution < 1.29 is 4.79 Å². The molecule has 0 spiro atoms. The molecule has 22 heavy (non-hydrogen) atoms. The van der Waals surface area contributed by atoms with Crippen molar-refractivity contribution in [1.82, 2.24) is 9.88 Å². The van der Waals surface area contributed by atoms with Crippen molar-refractivity contribution in [3.05, 3.63) is 24.0 Å². The molecular weight excluding hydrogens is 274 g/mol. The molecule has 1 saturated heterocycles. The molecule has 0 aromatic carbocycles. The fourth-order valence-corrected chi connectivity index (χ4v) is 3.25. The van der Waals surface area contributed by atoms with Gasteiger partial charge in [0.15, 0.2) is 0 Å². The molecule has 2 heterocycles. The molecule has 4 heteroatoms. The maximum absolute atomic E-state index is 12.3. The average molecular weight is 301 g/mol. The summed E-state index contributed by atoms with van der Waals surface area (Å²) in [4.78, 5) is 18.7. The van der Waals surface area contributed by atoms with Crippen LogP contribution in [0.1, 0.15) is 57.6 Å². The van der Waals surface area contributed by atoms with Gasteiger partial charge in [0.05, 0.1) is 0 Å². The Morgan fingerprint density at radius 2 is 2.00 bits per heavy atom. The topological polar surface area (TPSA) is 45.2 Å². The normalized spacial score (nSPS) is 20.0. The maximum Gasteiger partial charge on any atom is 0.225 e. The Kier molecular flexibility index (Phi) is 4.65. The van der Waals surface area contributed by atoms with Crippen LogP contribution >= 0.6 is 0 Å². The number of carbonyl (C=O) groups excluding carboxylic acids is 1. The first kappa shape index (κ1) is 15.3. The number of hydrogen-bond donors (Lipinski definition) is 1. The lowest BCUT2D eigenvalue weighted by Gasteiger charge is -2.37. The highest BCUT2D eigenvalue weighted by atomic mass is 16.2. The van der Waals surface area contributed by atoms with Gasteiger partial charge in [-0.05, 0) is 43.7 Å². The molecule has 1 N–H and O–H groups in total. The van der Waals surface area contributed by atoms with E-state index in [1.807, 2.05) is 12.3 Å². The summed E-state index contributed by atoms with van der Waals surface area (Å²) in [6.07, 6.45) is 7.40. The number of anilines is 1. The number of likely N-dealkylation sites (tertiary alicyclic amines) is 1. The number of aromatic nitrogens is 1. The minimum Gasteiger partial charge on any atom is -0.382 e. The number of pyridine rings is 1. The molecule has 0 bridgehead atoms. The molecule has 2 aliphatic rings. The monoisotopic (exact) mass is 301 g/mol. The summed E-state index contributed by atoms with van der Waals surface area (Å²) in [5.74, 6) is 1.18. The van der Waals surface area contributed by atoms with Crippen LogP contribution in [-0.4, -0.2) is 34.9 Å². The van der Waals surface area contributed by atoms with Crippen molar-refractivity contribution in [2.75, 3.05) is 18.4 Å². The van der Waals surface area contributed by atoms with Gasteiger partial charge >= 0.3 is 0 Å².